The number of benzene rings is 3. The number of nitrogens with zero attached hydrogens (tertiary/aromatic N) is 1. The van der Waals surface area contributed by atoms with Crippen LogP contribution in [0.3, 0.4) is 0 Å². The van der Waals surface area contributed by atoms with Gasteiger partial charge in [0.05, 0.1) is 10.6 Å². The van der Waals surface area contributed by atoms with Crippen LogP contribution >= 0.6 is 28.1 Å². The Bertz CT molecular complexity index is 1090. The van der Waals surface area contributed by atoms with Crippen molar-refractivity contribution in [1.29, 1.82) is 0 Å². The number of hydrogen-bond acceptors (Lipinski definition) is 5. The number of anilines is 1. The summed E-state index contributed by atoms with van der Waals surface area (Å²) < 4.78 is 6.19. The maximum absolute atomic E-state index is 12.5. The van der Waals surface area contributed by atoms with E-state index in [0.717, 1.165) is 5.56 Å². The predicted molar refractivity (Wildman–Crippen MR) is 122 cm³/mol. The Morgan fingerprint density at radius 3 is 2.53 bits per heavy atom. The Labute approximate surface area is 186 Å². The van der Waals surface area contributed by atoms with Gasteiger partial charge >= 0.3 is 0 Å². The van der Waals surface area contributed by atoms with Crippen molar-refractivity contribution in [3.8, 4) is 5.75 Å². The fraction of sp³-hybridized carbons (Fsp3) is 0.0476. The molecule has 0 saturated carbocycles. The molecule has 0 radical (unpaired) electrons. The van der Waals surface area contributed by atoms with E-state index in [1.54, 1.807) is 24.3 Å². The number of rotatable bonds is 6. The molecule has 3 rings (SSSR count). The maximum Gasteiger partial charge on any atom is 0.270 e. The molecule has 0 saturated heterocycles. The quantitative estimate of drug-likeness (QED) is 0.287. The Morgan fingerprint density at radius 2 is 1.83 bits per heavy atom. The summed E-state index contributed by atoms with van der Waals surface area (Å²) in [5.41, 5.74) is 1.83. The van der Waals surface area contributed by atoms with Crippen LogP contribution in [-0.2, 0) is 6.61 Å². The average Bonchev–Trinajstić information content (AvgIpc) is 2.74. The van der Waals surface area contributed by atoms with Crippen LogP contribution in [0.4, 0.5) is 11.4 Å². The molecule has 9 heteroatoms. The van der Waals surface area contributed by atoms with E-state index < -0.39 is 10.8 Å². The molecule has 0 unspecified atom stereocenters. The standard InChI is InChI=1S/C21H16BrN3O4S/c22-18-12-16(25(27)28)9-10-19(18)23-21(30)24-20(26)15-7-4-8-17(11-15)29-13-14-5-2-1-3-6-14/h1-12H,13H2,(H2,23,24,26,30). The van der Waals surface area contributed by atoms with Crippen molar-refractivity contribution in [2.24, 2.45) is 0 Å². The number of nitrogens with one attached hydrogen (secondary N) is 2. The van der Waals surface area contributed by atoms with Gasteiger partial charge in [0.25, 0.3) is 11.6 Å². The summed E-state index contributed by atoms with van der Waals surface area (Å²) in [7, 11) is 0. The molecular formula is C21H16BrN3O4S. The molecule has 0 aliphatic carbocycles. The number of amides is 1. The van der Waals surface area contributed by atoms with E-state index in [9.17, 15) is 14.9 Å². The van der Waals surface area contributed by atoms with Gasteiger partial charge in [0.2, 0.25) is 0 Å². The molecule has 0 aliphatic rings. The van der Waals surface area contributed by atoms with Gasteiger partial charge in [-0.2, -0.15) is 0 Å². The molecule has 0 atom stereocenters. The van der Waals surface area contributed by atoms with Gasteiger partial charge in [-0.1, -0.05) is 36.4 Å². The van der Waals surface area contributed by atoms with Gasteiger partial charge in [-0.15, -0.1) is 0 Å². The van der Waals surface area contributed by atoms with E-state index in [-0.39, 0.29) is 10.8 Å². The van der Waals surface area contributed by atoms with Crippen LogP contribution in [0.2, 0.25) is 0 Å². The minimum atomic E-state index is -0.499. The Kier molecular flexibility index (Phi) is 7.10. The van der Waals surface area contributed by atoms with E-state index in [4.69, 9.17) is 17.0 Å². The number of nitro benzene ring substituents is 1. The molecule has 0 heterocycles. The molecular weight excluding hydrogens is 470 g/mol. The monoisotopic (exact) mass is 485 g/mol. The summed E-state index contributed by atoms with van der Waals surface area (Å²) >= 11 is 8.42. The van der Waals surface area contributed by atoms with Crippen LogP contribution in [-0.4, -0.2) is 15.9 Å². The van der Waals surface area contributed by atoms with Crippen molar-refractivity contribution >= 4 is 50.5 Å². The minimum Gasteiger partial charge on any atom is -0.489 e. The smallest absolute Gasteiger partial charge is 0.270 e. The predicted octanol–water partition coefficient (Wildman–Crippen LogP) is 5.06. The van der Waals surface area contributed by atoms with Crippen LogP contribution < -0.4 is 15.4 Å². The van der Waals surface area contributed by atoms with Gasteiger partial charge in [0.1, 0.15) is 12.4 Å². The Morgan fingerprint density at radius 1 is 1.07 bits per heavy atom. The lowest BCUT2D eigenvalue weighted by atomic mass is 10.2. The zero-order valence-corrected chi connectivity index (χ0v) is 17.9. The lowest BCUT2D eigenvalue weighted by Crippen LogP contribution is -2.34. The molecule has 0 bridgehead atoms. The summed E-state index contributed by atoms with van der Waals surface area (Å²) in [5, 5.41) is 16.3. The van der Waals surface area contributed by atoms with Crippen molar-refractivity contribution in [2.75, 3.05) is 5.32 Å². The highest BCUT2D eigenvalue weighted by Crippen LogP contribution is 2.27. The van der Waals surface area contributed by atoms with E-state index in [0.29, 0.717) is 28.1 Å². The molecule has 0 aromatic heterocycles. The first kappa shape index (κ1) is 21.4. The van der Waals surface area contributed by atoms with Crippen molar-refractivity contribution in [3.05, 3.63) is 98.5 Å². The molecule has 152 valence electrons. The highest BCUT2D eigenvalue weighted by molar-refractivity contribution is 9.10. The molecule has 7 nitrogen and oxygen atoms in total. The van der Waals surface area contributed by atoms with Crippen LogP contribution in [0, 0.1) is 10.1 Å². The summed E-state index contributed by atoms with van der Waals surface area (Å²) in [6.45, 7) is 0.389. The SMILES string of the molecule is O=C(NC(=S)Nc1ccc([N+](=O)[O-])cc1Br)c1cccc(OCc2ccccc2)c1. The van der Waals surface area contributed by atoms with Gasteiger partial charge < -0.3 is 10.1 Å². The van der Waals surface area contributed by atoms with Crippen LogP contribution in [0.25, 0.3) is 0 Å². The largest absolute Gasteiger partial charge is 0.489 e. The van der Waals surface area contributed by atoms with Crippen LogP contribution in [0.5, 0.6) is 5.75 Å². The second-order valence-corrected chi connectivity index (χ2v) is 7.39. The van der Waals surface area contributed by atoms with Crippen LogP contribution in [0.1, 0.15) is 15.9 Å². The highest BCUT2D eigenvalue weighted by atomic mass is 79.9. The van der Waals surface area contributed by atoms with E-state index in [2.05, 4.69) is 26.6 Å². The third-order valence-electron chi connectivity index (χ3n) is 3.98. The molecule has 0 spiro atoms. The van der Waals surface area contributed by atoms with Gasteiger partial charge in [-0.3, -0.25) is 20.2 Å². The third-order valence-corrected chi connectivity index (χ3v) is 4.84. The van der Waals surface area contributed by atoms with Gasteiger partial charge in [-0.05, 0) is 58.0 Å². The van der Waals surface area contributed by atoms with E-state index >= 15 is 0 Å². The third kappa shape index (κ3) is 5.85. The van der Waals surface area contributed by atoms with Crippen molar-refractivity contribution in [1.82, 2.24) is 5.32 Å². The van der Waals surface area contributed by atoms with Crippen molar-refractivity contribution in [2.45, 2.75) is 6.61 Å². The number of thiocarbonyl (C=S) groups is 1. The summed E-state index contributed by atoms with van der Waals surface area (Å²) in [6, 6.07) is 20.7. The average molecular weight is 486 g/mol. The number of carbonyl (C=O) groups is 1. The summed E-state index contributed by atoms with van der Waals surface area (Å²) in [6.07, 6.45) is 0. The lowest BCUT2D eigenvalue weighted by Gasteiger charge is -2.12. The van der Waals surface area contributed by atoms with Crippen molar-refractivity contribution < 1.29 is 14.5 Å². The number of hydrogen-bond donors (Lipinski definition) is 2. The second kappa shape index (κ2) is 9.95. The Balaban J connectivity index is 1.60. The summed E-state index contributed by atoms with van der Waals surface area (Å²) in [4.78, 5) is 22.8. The first-order valence-corrected chi connectivity index (χ1v) is 9.95. The first-order valence-electron chi connectivity index (χ1n) is 8.75. The fourth-order valence-electron chi connectivity index (χ4n) is 2.52. The van der Waals surface area contributed by atoms with Gasteiger partial charge in [-0.25, -0.2) is 0 Å². The van der Waals surface area contributed by atoms with Crippen molar-refractivity contribution in [3.63, 3.8) is 0 Å². The lowest BCUT2D eigenvalue weighted by molar-refractivity contribution is -0.384. The second-order valence-electron chi connectivity index (χ2n) is 6.13. The number of non-ortho nitro benzene ring substituents is 1. The Hall–Kier alpha value is -3.30. The highest BCUT2D eigenvalue weighted by Gasteiger charge is 2.12. The minimum absolute atomic E-state index is 0.0603. The van der Waals surface area contributed by atoms with E-state index in [1.807, 2.05) is 30.3 Å². The van der Waals surface area contributed by atoms with E-state index in [1.165, 1.54) is 18.2 Å². The number of halogens is 1. The summed E-state index contributed by atoms with van der Waals surface area (Å²) in [5.74, 6) is 0.152. The molecule has 1 amide bonds. The zero-order chi connectivity index (χ0) is 21.5. The number of carbonyl (C=O) groups excluding carboxylic acids is 1. The molecule has 30 heavy (non-hydrogen) atoms. The zero-order valence-electron chi connectivity index (χ0n) is 15.5. The molecule has 3 aromatic carbocycles. The number of nitro groups is 1. The van der Waals surface area contributed by atoms with Gasteiger partial charge in [0.15, 0.2) is 5.11 Å². The fourth-order valence-corrected chi connectivity index (χ4v) is 3.18. The number of ether oxygens (including phenoxy) is 1. The molecule has 3 aromatic rings. The van der Waals surface area contributed by atoms with Crippen LogP contribution in [0.15, 0.2) is 77.3 Å². The maximum atomic E-state index is 12.5. The molecule has 0 aliphatic heterocycles. The molecule has 2 N–H and O–H groups in total. The normalized spacial score (nSPS) is 10.2. The molecule has 0 fully saturated rings. The topological polar surface area (TPSA) is 93.5 Å². The van der Waals surface area contributed by atoms with Gasteiger partial charge in [0, 0.05) is 22.2 Å². The first-order chi connectivity index (χ1) is 14.4.